The molecule has 0 aromatic carbocycles. The summed E-state index contributed by atoms with van der Waals surface area (Å²) in [6.07, 6.45) is 8.65. The summed E-state index contributed by atoms with van der Waals surface area (Å²) in [5.41, 5.74) is 2.44. The molecule has 0 aliphatic heterocycles. The lowest BCUT2D eigenvalue weighted by atomic mass is 10.2. The van der Waals surface area contributed by atoms with E-state index >= 15 is 0 Å². The lowest BCUT2D eigenvalue weighted by molar-refractivity contribution is 0.852. The van der Waals surface area contributed by atoms with Crippen molar-refractivity contribution in [2.24, 2.45) is 0 Å². The first-order chi connectivity index (χ1) is 9.25. The lowest BCUT2D eigenvalue weighted by Crippen LogP contribution is -2.10. The Bertz CT molecular complexity index is 631. The minimum atomic E-state index is 0.475. The molecule has 0 bridgehead atoms. The number of nitrogens with zero attached hydrogens (tertiary/aromatic N) is 4. The van der Waals surface area contributed by atoms with Gasteiger partial charge >= 0.3 is 0 Å². The molecule has 0 fully saturated rings. The van der Waals surface area contributed by atoms with Crippen LogP contribution in [0.2, 0.25) is 5.15 Å². The van der Waals surface area contributed by atoms with Gasteiger partial charge in [0.25, 0.3) is 5.78 Å². The van der Waals surface area contributed by atoms with Gasteiger partial charge in [0, 0.05) is 12.1 Å². The monoisotopic (exact) mass is 277 g/mol. The van der Waals surface area contributed by atoms with E-state index in [1.807, 2.05) is 6.92 Å². The van der Waals surface area contributed by atoms with Crippen LogP contribution in [0.1, 0.15) is 31.2 Å². The van der Waals surface area contributed by atoms with Crippen molar-refractivity contribution in [2.75, 3.05) is 11.9 Å². The first-order valence-corrected chi connectivity index (χ1v) is 6.91. The van der Waals surface area contributed by atoms with Crippen molar-refractivity contribution in [3.05, 3.63) is 28.7 Å². The molecule has 1 aliphatic carbocycles. The van der Waals surface area contributed by atoms with Crippen molar-refractivity contribution in [2.45, 2.75) is 32.6 Å². The third kappa shape index (κ3) is 2.42. The Morgan fingerprint density at radius 1 is 1.47 bits per heavy atom. The van der Waals surface area contributed by atoms with E-state index in [0.717, 1.165) is 24.3 Å². The van der Waals surface area contributed by atoms with Crippen LogP contribution in [0.15, 0.2) is 18.0 Å². The maximum absolute atomic E-state index is 6.11. The van der Waals surface area contributed by atoms with Gasteiger partial charge in [0.1, 0.15) is 17.3 Å². The molecular weight excluding hydrogens is 262 g/mol. The highest BCUT2D eigenvalue weighted by Gasteiger charge is 2.12. The van der Waals surface area contributed by atoms with E-state index in [1.165, 1.54) is 25.6 Å². The summed E-state index contributed by atoms with van der Waals surface area (Å²) in [5, 5.41) is 8.06. The Labute approximate surface area is 116 Å². The second-order valence-electron chi connectivity index (χ2n) is 4.78. The predicted molar refractivity (Wildman–Crippen MR) is 75.6 cm³/mol. The van der Waals surface area contributed by atoms with E-state index in [-0.39, 0.29) is 0 Å². The fourth-order valence-electron chi connectivity index (χ4n) is 2.41. The first-order valence-electron chi connectivity index (χ1n) is 6.53. The highest BCUT2D eigenvalue weighted by Crippen LogP contribution is 2.23. The van der Waals surface area contributed by atoms with Gasteiger partial charge in [-0.1, -0.05) is 23.3 Å². The number of nitrogens with one attached hydrogen (secondary N) is 1. The molecule has 100 valence electrons. The summed E-state index contributed by atoms with van der Waals surface area (Å²) in [7, 11) is 0. The Balaban J connectivity index is 1.79. The molecule has 0 radical (unpaired) electrons. The number of hydrogen-bond donors (Lipinski definition) is 1. The zero-order chi connectivity index (χ0) is 13.2. The molecule has 0 unspecified atom stereocenters. The van der Waals surface area contributed by atoms with Crippen molar-refractivity contribution in [1.82, 2.24) is 19.6 Å². The van der Waals surface area contributed by atoms with E-state index in [4.69, 9.17) is 11.6 Å². The molecule has 2 aromatic heterocycles. The lowest BCUT2D eigenvalue weighted by Gasteiger charge is -2.11. The van der Waals surface area contributed by atoms with Crippen molar-refractivity contribution in [1.29, 1.82) is 0 Å². The molecule has 2 heterocycles. The zero-order valence-corrected chi connectivity index (χ0v) is 11.6. The molecule has 6 heteroatoms. The van der Waals surface area contributed by atoms with Crippen LogP contribution in [0.5, 0.6) is 0 Å². The largest absolute Gasteiger partial charge is 0.369 e. The first kappa shape index (κ1) is 12.4. The number of aromatic nitrogens is 4. The van der Waals surface area contributed by atoms with Crippen LogP contribution in [0, 0.1) is 6.92 Å². The Kier molecular flexibility index (Phi) is 3.38. The molecule has 0 amide bonds. The summed E-state index contributed by atoms with van der Waals surface area (Å²) in [5.74, 6) is 1.41. The van der Waals surface area contributed by atoms with Gasteiger partial charge in [0.2, 0.25) is 0 Å². The smallest absolute Gasteiger partial charge is 0.255 e. The summed E-state index contributed by atoms with van der Waals surface area (Å²) in [6.45, 7) is 2.82. The van der Waals surface area contributed by atoms with Crippen LogP contribution in [0.25, 0.3) is 5.78 Å². The van der Waals surface area contributed by atoms with Gasteiger partial charge < -0.3 is 5.32 Å². The summed E-state index contributed by atoms with van der Waals surface area (Å²) >= 11 is 6.11. The SMILES string of the molecule is Cc1c(Cl)nc2ncnn2c1NCCC1=CCCC1. The van der Waals surface area contributed by atoms with Crippen molar-refractivity contribution >= 4 is 23.2 Å². The molecular formula is C13H16ClN5. The minimum absolute atomic E-state index is 0.475. The molecule has 1 aliphatic rings. The predicted octanol–water partition coefficient (Wildman–Crippen LogP) is 3.00. The van der Waals surface area contributed by atoms with Crippen molar-refractivity contribution < 1.29 is 0 Å². The van der Waals surface area contributed by atoms with Crippen LogP contribution in [0.3, 0.4) is 0 Å². The zero-order valence-electron chi connectivity index (χ0n) is 10.9. The molecule has 0 saturated heterocycles. The average Bonchev–Trinajstić information content (AvgIpc) is 3.04. The van der Waals surface area contributed by atoms with Crippen LogP contribution < -0.4 is 5.32 Å². The minimum Gasteiger partial charge on any atom is -0.369 e. The molecule has 5 nitrogen and oxygen atoms in total. The van der Waals surface area contributed by atoms with Crippen LogP contribution >= 0.6 is 11.6 Å². The number of fused-ring (bicyclic) bond motifs is 1. The van der Waals surface area contributed by atoms with Gasteiger partial charge in [-0.25, -0.2) is 0 Å². The van der Waals surface area contributed by atoms with Crippen LogP contribution in [0.4, 0.5) is 5.82 Å². The van der Waals surface area contributed by atoms with Gasteiger partial charge in [-0.05, 0) is 32.6 Å². The highest BCUT2D eigenvalue weighted by atomic mass is 35.5. The third-order valence-electron chi connectivity index (χ3n) is 3.48. The number of hydrogen-bond acceptors (Lipinski definition) is 4. The Hall–Kier alpha value is -1.62. The number of anilines is 1. The summed E-state index contributed by atoms with van der Waals surface area (Å²) < 4.78 is 1.70. The molecule has 0 spiro atoms. The topological polar surface area (TPSA) is 55.1 Å². The van der Waals surface area contributed by atoms with E-state index in [1.54, 1.807) is 10.1 Å². The normalized spacial score (nSPS) is 14.9. The highest BCUT2D eigenvalue weighted by molar-refractivity contribution is 6.30. The Morgan fingerprint density at radius 3 is 3.16 bits per heavy atom. The maximum atomic E-state index is 6.11. The molecule has 1 N–H and O–H groups in total. The van der Waals surface area contributed by atoms with Gasteiger partial charge in [0.05, 0.1) is 0 Å². The van der Waals surface area contributed by atoms with Gasteiger partial charge in [-0.2, -0.15) is 19.6 Å². The van der Waals surface area contributed by atoms with E-state index in [2.05, 4.69) is 26.5 Å². The third-order valence-corrected chi connectivity index (χ3v) is 3.85. The standard InChI is InChI=1S/C13H16ClN5/c1-9-11(14)18-13-16-8-17-19(13)12(9)15-7-6-10-4-2-3-5-10/h4,8,15H,2-3,5-7H2,1H3. The van der Waals surface area contributed by atoms with E-state index in [9.17, 15) is 0 Å². The van der Waals surface area contributed by atoms with Crippen LogP contribution in [-0.2, 0) is 0 Å². The maximum Gasteiger partial charge on any atom is 0.255 e. The molecule has 19 heavy (non-hydrogen) atoms. The fourth-order valence-corrected chi connectivity index (χ4v) is 2.58. The number of rotatable bonds is 4. The summed E-state index contributed by atoms with van der Waals surface area (Å²) in [6, 6.07) is 0. The molecule has 0 saturated carbocycles. The second kappa shape index (κ2) is 5.17. The number of allylic oxidation sites excluding steroid dienone is 1. The van der Waals surface area contributed by atoms with E-state index in [0.29, 0.717) is 10.9 Å². The van der Waals surface area contributed by atoms with Gasteiger partial charge in [-0.3, -0.25) is 0 Å². The van der Waals surface area contributed by atoms with Gasteiger partial charge in [-0.15, -0.1) is 0 Å². The quantitative estimate of drug-likeness (QED) is 0.689. The molecule has 0 atom stereocenters. The fraction of sp³-hybridized carbons (Fsp3) is 0.462. The van der Waals surface area contributed by atoms with Crippen LogP contribution in [-0.4, -0.2) is 26.1 Å². The van der Waals surface area contributed by atoms with Crippen molar-refractivity contribution in [3.8, 4) is 0 Å². The average molecular weight is 278 g/mol. The second-order valence-corrected chi connectivity index (χ2v) is 5.14. The Morgan fingerprint density at radius 2 is 2.37 bits per heavy atom. The summed E-state index contributed by atoms with van der Waals surface area (Å²) in [4.78, 5) is 8.26. The van der Waals surface area contributed by atoms with Gasteiger partial charge in [0.15, 0.2) is 0 Å². The molecule has 2 aromatic rings. The van der Waals surface area contributed by atoms with Crippen molar-refractivity contribution in [3.63, 3.8) is 0 Å². The molecule has 3 rings (SSSR count). The number of halogens is 1. The van der Waals surface area contributed by atoms with E-state index < -0.39 is 0 Å².